The lowest BCUT2D eigenvalue weighted by Gasteiger charge is -2.26. The molecule has 1 saturated heterocycles. The Bertz CT molecular complexity index is 811. The molecule has 4 rings (SSSR count). The number of aromatic nitrogens is 2. The van der Waals surface area contributed by atoms with Crippen molar-refractivity contribution in [1.82, 2.24) is 15.5 Å². The Balaban J connectivity index is 0.000000269. The molecule has 0 spiro atoms. The number of H-pyrrole nitrogens is 1. The zero-order valence-corrected chi connectivity index (χ0v) is 20.2. The van der Waals surface area contributed by atoms with Crippen LogP contribution in [0.25, 0.3) is 6.08 Å². The molecule has 1 unspecified atom stereocenters. The molecule has 0 aromatic carbocycles. The van der Waals surface area contributed by atoms with Crippen molar-refractivity contribution in [1.29, 1.82) is 0 Å². The van der Waals surface area contributed by atoms with Gasteiger partial charge in [-0.2, -0.15) is 18.3 Å². The van der Waals surface area contributed by atoms with Gasteiger partial charge in [-0.05, 0) is 63.9 Å². The monoisotopic (exact) mass is 488 g/mol. The van der Waals surface area contributed by atoms with Gasteiger partial charge in [-0.1, -0.05) is 37.6 Å². The highest BCUT2D eigenvalue weighted by atomic mass is 35.5. The molecule has 3 heterocycles. The Hall–Kier alpha value is -1.94. The number of hydrogen-bond donors (Lipinski definition) is 4. The van der Waals surface area contributed by atoms with Crippen LogP contribution < -0.4 is 16.8 Å². The molecule has 1 aromatic rings. The van der Waals surface area contributed by atoms with Crippen LogP contribution >= 0.6 is 11.6 Å². The lowest BCUT2D eigenvalue weighted by molar-refractivity contribution is -0.0609. The van der Waals surface area contributed by atoms with E-state index in [-0.39, 0.29) is 6.42 Å². The smallest absolute Gasteiger partial charge is 0.333 e. The second-order valence-electron chi connectivity index (χ2n) is 7.53. The SMILES string of the molecule is C1CCNCC1.C=Cc1cn[nH]c1CC.CN.NC1CC(C(F)(F)F)=NC2=C1C=C(Cl)CC2. The van der Waals surface area contributed by atoms with E-state index in [1.165, 1.54) is 39.4 Å². The first kappa shape index (κ1) is 29.1. The van der Waals surface area contributed by atoms with Crippen molar-refractivity contribution in [3.63, 3.8) is 0 Å². The Kier molecular flexibility index (Phi) is 13.3. The number of aromatic amines is 1. The Morgan fingerprint density at radius 3 is 2.33 bits per heavy atom. The van der Waals surface area contributed by atoms with Crippen LogP contribution in [-0.4, -0.2) is 48.3 Å². The van der Waals surface area contributed by atoms with Gasteiger partial charge >= 0.3 is 6.18 Å². The maximum atomic E-state index is 12.5. The molecule has 0 bridgehead atoms. The fraction of sp³-hybridized carbons (Fsp3) is 0.565. The third-order valence-electron chi connectivity index (χ3n) is 5.19. The van der Waals surface area contributed by atoms with Crippen LogP contribution in [0.1, 0.15) is 56.7 Å². The zero-order valence-electron chi connectivity index (χ0n) is 19.4. The molecule has 186 valence electrons. The fourth-order valence-corrected chi connectivity index (χ4v) is 3.65. The second-order valence-corrected chi connectivity index (χ2v) is 8.02. The maximum Gasteiger partial charge on any atom is 0.429 e. The van der Waals surface area contributed by atoms with Crippen molar-refractivity contribution in [3.05, 3.63) is 46.4 Å². The molecule has 0 radical (unpaired) electrons. The number of aliphatic imine (C=N–C) groups is 1. The van der Waals surface area contributed by atoms with E-state index in [4.69, 9.17) is 17.3 Å². The molecule has 2 aliphatic heterocycles. The van der Waals surface area contributed by atoms with Crippen LogP contribution in [0, 0.1) is 0 Å². The molecular weight excluding hydrogens is 453 g/mol. The van der Waals surface area contributed by atoms with Crippen molar-refractivity contribution in [2.75, 3.05) is 20.1 Å². The lowest BCUT2D eigenvalue weighted by Crippen LogP contribution is -2.36. The molecule has 1 fully saturated rings. The van der Waals surface area contributed by atoms with Gasteiger partial charge < -0.3 is 16.8 Å². The third-order valence-corrected chi connectivity index (χ3v) is 5.49. The van der Waals surface area contributed by atoms with Crippen LogP contribution in [-0.2, 0) is 6.42 Å². The van der Waals surface area contributed by atoms with Crippen molar-refractivity contribution < 1.29 is 13.2 Å². The number of nitrogens with zero attached hydrogens (tertiary/aromatic N) is 2. The minimum Gasteiger partial charge on any atom is -0.333 e. The summed E-state index contributed by atoms with van der Waals surface area (Å²) in [7, 11) is 1.50. The van der Waals surface area contributed by atoms with Crippen molar-refractivity contribution in [3.8, 4) is 0 Å². The van der Waals surface area contributed by atoms with Crippen molar-refractivity contribution in [2.24, 2.45) is 16.5 Å². The van der Waals surface area contributed by atoms with Gasteiger partial charge in [0.15, 0.2) is 0 Å². The normalized spacial score (nSPS) is 19.8. The third kappa shape index (κ3) is 9.83. The van der Waals surface area contributed by atoms with Crippen LogP contribution in [0.2, 0.25) is 0 Å². The number of allylic oxidation sites excluding steroid dienone is 2. The van der Waals surface area contributed by atoms with Crippen LogP contribution in [0.3, 0.4) is 0 Å². The van der Waals surface area contributed by atoms with Crippen molar-refractivity contribution in [2.45, 2.75) is 64.1 Å². The van der Waals surface area contributed by atoms with Gasteiger partial charge in [-0.25, -0.2) is 0 Å². The molecule has 0 saturated carbocycles. The molecule has 1 aliphatic carbocycles. The summed E-state index contributed by atoms with van der Waals surface area (Å²) in [5, 5.41) is 10.7. The summed E-state index contributed by atoms with van der Waals surface area (Å²) in [6, 6.07) is -0.654. The first-order chi connectivity index (χ1) is 15.8. The fourth-order valence-electron chi connectivity index (χ4n) is 3.44. The minimum atomic E-state index is -4.39. The molecule has 0 amide bonds. The topological polar surface area (TPSA) is 105 Å². The molecular formula is C23H36ClF3N6. The lowest BCUT2D eigenvalue weighted by atomic mass is 9.91. The summed E-state index contributed by atoms with van der Waals surface area (Å²) in [6.07, 6.45) is 6.73. The van der Waals surface area contributed by atoms with E-state index in [0.29, 0.717) is 29.1 Å². The number of rotatable bonds is 2. The van der Waals surface area contributed by atoms with E-state index >= 15 is 0 Å². The molecule has 10 heteroatoms. The van der Waals surface area contributed by atoms with Gasteiger partial charge in [0, 0.05) is 34.4 Å². The first-order valence-electron chi connectivity index (χ1n) is 11.2. The predicted octanol–water partition coefficient (Wildman–Crippen LogP) is 4.84. The molecule has 6 nitrogen and oxygen atoms in total. The highest BCUT2D eigenvalue weighted by Crippen LogP contribution is 2.35. The van der Waals surface area contributed by atoms with Crippen LogP contribution in [0.5, 0.6) is 0 Å². The second kappa shape index (κ2) is 15.1. The van der Waals surface area contributed by atoms with E-state index in [9.17, 15) is 13.2 Å². The van der Waals surface area contributed by atoms with E-state index in [1.54, 1.807) is 12.3 Å². The number of hydrogen-bond acceptors (Lipinski definition) is 5. The van der Waals surface area contributed by atoms with E-state index in [1.807, 2.05) is 6.08 Å². The van der Waals surface area contributed by atoms with Crippen LogP contribution in [0.4, 0.5) is 13.2 Å². The standard InChI is InChI=1S/C10H10ClF3N2.C7H10N2.C5H11N.CH5N/c11-5-1-2-8-6(3-5)7(15)4-9(16-8)10(12,13)14;1-3-6-5-8-9-7(6)4-2;1-2-4-6-5-3-1;1-2/h3,7H,1-2,4,15H2;3,5H,1,4H2,2H3,(H,8,9);6H,1-5H2;2H2,1H3. The van der Waals surface area contributed by atoms with E-state index in [2.05, 4.69) is 39.7 Å². The number of nitrogens with one attached hydrogen (secondary N) is 2. The highest BCUT2D eigenvalue weighted by molar-refractivity contribution is 6.29. The minimum absolute atomic E-state index is 0.275. The van der Waals surface area contributed by atoms with Gasteiger partial charge in [0.05, 0.1) is 6.20 Å². The molecule has 1 atom stereocenters. The molecule has 3 aliphatic rings. The Labute approximate surface area is 199 Å². The maximum absolute atomic E-state index is 12.5. The van der Waals surface area contributed by atoms with E-state index < -0.39 is 17.9 Å². The zero-order chi connectivity index (χ0) is 24.9. The number of nitrogens with two attached hydrogens (primary N) is 2. The molecule has 6 N–H and O–H groups in total. The summed E-state index contributed by atoms with van der Waals surface area (Å²) >= 11 is 5.83. The number of halogens is 4. The van der Waals surface area contributed by atoms with Gasteiger partial charge in [-0.3, -0.25) is 10.1 Å². The van der Waals surface area contributed by atoms with Gasteiger partial charge in [-0.15, -0.1) is 0 Å². The quantitative estimate of drug-likeness (QED) is 0.478. The summed E-state index contributed by atoms with van der Waals surface area (Å²) in [5.41, 5.74) is 12.7. The summed E-state index contributed by atoms with van der Waals surface area (Å²) < 4.78 is 37.5. The average molecular weight is 489 g/mol. The van der Waals surface area contributed by atoms with E-state index in [0.717, 1.165) is 17.7 Å². The van der Waals surface area contributed by atoms with Crippen molar-refractivity contribution >= 4 is 23.4 Å². The Morgan fingerprint density at radius 2 is 1.88 bits per heavy atom. The largest absolute Gasteiger partial charge is 0.429 e. The average Bonchev–Trinajstić information content (AvgIpc) is 3.30. The summed E-state index contributed by atoms with van der Waals surface area (Å²) in [5.74, 6) is 0. The molecule has 33 heavy (non-hydrogen) atoms. The van der Waals surface area contributed by atoms with Crippen LogP contribution in [0.15, 0.2) is 40.1 Å². The number of alkyl halides is 3. The Morgan fingerprint density at radius 1 is 1.21 bits per heavy atom. The molecule has 1 aromatic heterocycles. The predicted molar refractivity (Wildman–Crippen MR) is 131 cm³/mol. The number of aryl methyl sites for hydroxylation is 1. The summed E-state index contributed by atoms with van der Waals surface area (Å²) in [6.45, 7) is 8.24. The highest BCUT2D eigenvalue weighted by Gasteiger charge is 2.39. The first-order valence-corrected chi connectivity index (χ1v) is 11.6. The summed E-state index contributed by atoms with van der Waals surface area (Å²) in [4.78, 5) is 3.65. The van der Waals surface area contributed by atoms with Gasteiger partial charge in [0.25, 0.3) is 0 Å². The van der Waals surface area contributed by atoms with Gasteiger partial charge in [0.2, 0.25) is 0 Å². The number of piperidine rings is 1. The van der Waals surface area contributed by atoms with Gasteiger partial charge in [0.1, 0.15) is 5.71 Å².